The van der Waals surface area contributed by atoms with E-state index in [1.54, 1.807) is 0 Å². The Bertz CT molecular complexity index is 486. The molecule has 0 unspecified atom stereocenters. The Balaban J connectivity index is 2.13. The van der Waals surface area contributed by atoms with E-state index in [1.807, 2.05) is 0 Å². The minimum Gasteiger partial charge on any atom is -0.313 e. The number of nitrogens with one attached hydrogen (secondary N) is 1. The van der Waals surface area contributed by atoms with Crippen LogP contribution in [0.25, 0.3) is 0 Å². The molecule has 1 saturated heterocycles. The Labute approximate surface area is 106 Å². The standard InChI is InChI=1S/C10H14ClN3O2S/c11-10-13-6-4-9(14-10)17(15,16)7-8-3-1-2-5-12-8/h4,6,8,12H,1-3,5,7H2/t8-/m1/s1. The predicted molar refractivity (Wildman–Crippen MR) is 64.7 cm³/mol. The van der Waals surface area contributed by atoms with Crippen molar-refractivity contribution in [1.29, 1.82) is 0 Å². The highest BCUT2D eigenvalue weighted by atomic mass is 35.5. The van der Waals surface area contributed by atoms with E-state index in [0.29, 0.717) is 0 Å². The molecule has 2 rings (SSSR count). The molecule has 0 spiro atoms. The second-order valence-electron chi connectivity index (χ2n) is 4.09. The third kappa shape index (κ3) is 3.37. The van der Waals surface area contributed by atoms with Crippen molar-refractivity contribution in [3.05, 3.63) is 17.5 Å². The minimum atomic E-state index is -3.38. The summed E-state index contributed by atoms with van der Waals surface area (Å²) in [4.78, 5) is 7.42. The van der Waals surface area contributed by atoms with Crippen LogP contribution in [0.15, 0.2) is 17.3 Å². The van der Waals surface area contributed by atoms with E-state index in [1.165, 1.54) is 12.3 Å². The van der Waals surface area contributed by atoms with E-state index in [0.717, 1.165) is 25.8 Å². The molecule has 1 aromatic rings. The largest absolute Gasteiger partial charge is 0.313 e. The highest BCUT2D eigenvalue weighted by molar-refractivity contribution is 7.91. The molecule has 1 atom stereocenters. The van der Waals surface area contributed by atoms with Gasteiger partial charge in [-0.25, -0.2) is 18.4 Å². The van der Waals surface area contributed by atoms with Gasteiger partial charge < -0.3 is 5.32 Å². The lowest BCUT2D eigenvalue weighted by Crippen LogP contribution is -2.39. The summed E-state index contributed by atoms with van der Waals surface area (Å²) in [7, 11) is -3.38. The van der Waals surface area contributed by atoms with Crippen molar-refractivity contribution in [1.82, 2.24) is 15.3 Å². The molecule has 1 N–H and O–H groups in total. The Morgan fingerprint density at radius 1 is 1.47 bits per heavy atom. The van der Waals surface area contributed by atoms with Crippen molar-refractivity contribution in [3.8, 4) is 0 Å². The van der Waals surface area contributed by atoms with Crippen molar-refractivity contribution < 1.29 is 8.42 Å². The number of nitrogens with zero attached hydrogens (tertiary/aromatic N) is 2. The average molecular weight is 276 g/mol. The fourth-order valence-electron chi connectivity index (χ4n) is 1.91. The molecule has 2 heterocycles. The third-order valence-electron chi connectivity index (χ3n) is 2.75. The van der Waals surface area contributed by atoms with Crippen LogP contribution in [-0.4, -0.2) is 36.7 Å². The van der Waals surface area contributed by atoms with E-state index in [9.17, 15) is 8.42 Å². The molecular formula is C10H14ClN3O2S. The van der Waals surface area contributed by atoms with Gasteiger partial charge in [0.2, 0.25) is 5.28 Å². The normalized spacial score (nSPS) is 21.4. The first-order valence-corrected chi connectivity index (χ1v) is 7.56. The topological polar surface area (TPSA) is 72.0 Å². The zero-order chi connectivity index (χ0) is 12.3. The second kappa shape index (κ2) is 5.29. The van der Waals surface area contributed by atoms with Gasteiger partial charge in [0, 0.05) is 12.2 Å². The zero-order valence-corrected chi connectivity index (χ0v) is 10.8. The molecule has 0 saturated carbocycles. The fourth-order valence-corrected chi connectivity index (χ4v) is 3.59. The Morgan fingerprint density at radius 3 is 2.94 bits per heavy atom. The van der Waals surface area contributed by atoms with Crippen molar-refractivity contribution in [3.63, 3.8) is 0 Å². The van der Waals surface area contributed by atoms with Gasteiger partial charge in [-0.05, 0) is 37.1 Å². The summed E-state index contributed by atoms with van der Waals surface area (Å²) in [6, 6.07) is 1.40. The van der Waals surface area contributed by atoms with Crippen LogP contribution in [0.5, 0.6) is 0 Å². The van der Waals surface area contributed by atoms with Gasteiger partial charge in [0.15, 0.2) is 14.9 Å². The molecule has 1 fully saturated rings. The van der Waals surface area contributed by atoms with E-state index in [-0.39, 0.29) is 22.1 Å². The van der Waals surface area contributed by atoms with Gasteiger partial charge in [-0.2, -0.15) is 0 Å². The van der Waals surface area contributed by atoms with Gasteiger partial charge in [0.1, 0.15) is 0 Å². The fraction of sp³-hybridized carbons (Fsp3) is 0.600. The maximum atomic E-state index is 12.1. The predicted octanol–water partition coefficient (Wildman–Crippen LogP) is 1.05. The number of sulfone groups is 1. The van der Waals surface area contributed by atoms with Crippen LogP contribution in [0.2, 0.25) is 5.28 Å². The Kier molecular flexibility index (Phi) is 3.96. The van der Waals surface area contributed by atoms with Gasteiger partial charge in [-0.15, -0.1) is 0 Å². The summed E-state index contributed by atoms with van der Waals surface area (Å²) in [6.07, 6.45) is 4.42. The molecule has 1 aliphatic heterocycles. The lowest BCUT2D eigenvalue weighted by Gasteiger charge is -2.22. The molecule has 0 aliphatic carbocycles. The summed E-state index contributed by atoms with van der Waals surface area (Å²) < 4.78 is 24.1. The number of halogens is 1. The van der Waals surface area contributed by atoms with Crippen LogP contribution in [0.4, 0.5) is 0 Å². The molecule has 17 heavy (non-hydrogen) atoms. The monoisotopic (exact) mass is 275 g/mol. The highest BCUT2D eigenvalue weighted by Gasteiger charge is 2.23. The molecule has 0 aromatic carbocycles. The lowest BCUT2D eigenvalue weighted by atomic mass is 10.1. The Hall–Kier alpha value is -0.720. The van der Waals surface area contributed by atoms with Gasteiger partial charge in [-0.1, -0.05) is 6.42 Å². The van der Waals surface area contributed by atoms with Gasteiger partial charge in [0.25, 0.3) is 0 Å². The highest BCUT2D eigenvalue weighted by Crippen LogP contribution is 2.15. The van der Waals surface area contributed by atoms with Crippen LogP contribution in [0.1, 0.15) is 19.3 Å². The van der Waals surface area contributed by atoms with Gasteiger partial charge >= 0.3 is 0 Å². The molecule has 1 aromatic heterocycles. The summed E-state index contributed by atoms with van der Waals surface area (Å²) in [5.41, 5.74) is 0. The summed E-state index contributed by atoms with van der Waals surface area (Å²) in [6.45, 7) is 0.880. The first kappa shape index (κ1) is 12.7. The third-order valence-corrected chi connectivity index (χ3v) is 4.64. The number of hydrogen-bond acceptors (Lipinski definition) is 5. The number of hydrogen-bond donors (Lipinski definition) is 1. The summed E-state index contributed by atoms with van der Waals surface area (Å²) in [5, 5.41) is 3.17. The molecule has 0 amide bonds. The molecule has 7 heteroatoms. The second-order valence-corrected chi connectivity index (χ2v) is 6.41. The average Bonchev–Trinajstić information content (AvgIpc) is 2.30. The van der Waals surface area contributed by atoms with Crippen molar-refractivity contribution in [2.24, 2.45) is 0 Å². The minimum absolute atomic E-state index is 0.00451. The molecule has 0 radical (unpaired) electrons. The van der Waals surface area contributed by atoms with Crippen molar-refractivity contribution >= 4 is 21.4 Å². The quantitative estimate of drug-likeness (QED) is 0.659. The first-order valence-electron chi connectivity index (χ1n) is 5.52. The van der Waals surface area contributed by atoms with E-state index < -0.39 is 9.84 Å². The van der Waals surface area contributed by atoms with E-state index in [2.05, 4.69) is 15.3 Å². The molecule has 5 nitrogen and oxygen atoms in total. The van der Waals surface area contributed by atoms with Gasteiger partial charge in [-0.3, -0.25) is 0 Å². The van der Waals surface area contributed by atoms with Crippen LogP contribution in [-0.2, 0) is 9.84 Å². The van der Waals surface area contributed by atoms with E-state index >= 15 is 0 Å². The smallest absolute Gasteiger partial charge is 0.223 e. The summed E-state index contributed by atoms with van der Waals surface area (Å²) >= 11 is 5.59. The van der Waals surface area contributed by atoms with Crippen LogP contribution in [0.3, 0.4) is 0 Å². The van der Waals surface area contributed by atoms with Crippen LogP contribution < -0.4 is 5.32 Å². The lowest BCUT2D eigenvalue weighted by molar-refractivity contribution is 0.423. The summed E-state index contributed by atoms with van der Waals surface area (Å²) in [5.74, 6) is 0.0698. The molecule has 0 bridgehead atoms. The maximum absolute atomic E-state index is 12.1. The molecule has 1 aliphatic rings. The Morgan fingerprint density at radius 2 is 2.29 bits per heavy atom. The number of rotatable bonds is 3. The molecule has 94 valence electrons. The number of aromatic nitrogens is 2. The van der Waals surface area contributed by atoms with Crippen molar-refractivity contribution in [2.75, 3.05) is 12.3 Å². The van der Waals surface area contributed by atoms with Crippen LogP contribution >= 0.6 is 11.6 Å². The van der Waals surface area contributed by atoms with E-state index in [4.69, 9.17) is 11.6 Å². The maximum Gasteiger partial charge on any atom is 0.223 e. The zero-order valence-electron chi connectivity index (χ0n) is 9.26. The first-order chi connectivity index (χ1) is 8.08. The van der Waals surface area contributed by atoms with Crippen LogP contribution in [0, 0.1) is 0 Å². The number of piperidine rings is 1. The SMILES string of the molecule is O=S(=O)(C[C@H]1CCCCN1)c1ccnc(Cl)n1. The van der Waals surface area contributed by atoms with Gasteiger partial charge in [0.05, 0.1) is 5.75 Å². The van der Waals surface area contributed by atoms with Crippen molar-refractivity contribution in [2.45, 2.75) is 30.3 Å². The molecular weight excluding hydrogens is 262 g/mol.